The number of guanidine groups is 1. The Labute approximate surface area is 174 Å². The monoisotopic (exact) mass is 477 g/mol. The fourth-order valence-electron chi connectivity index (χ4n) is 3.37. The fraction of sp³-hybridized carbons (Fsp3) is 0.650. The van der Waals surface area contributed by atoms with Gasteiger partial charge in [0.25, 0.3) is 0 Å². The number of nitrogens with one attached hydrogen (secondary N) is 2. The maximum Gasteiger partial charge on any atom is 0.191 e. The van der Waals surface area contributed by atoms with Crippen LogP contribution in [-0.4, -0.2) is 31.8 Å². The Hall–Kier alpha value is -0.890. The third-order valence-electron chi connectivity index (χ3n) is 4.54. The first kappa shape index (κ1) is 23.1. The third kappa shape index (κ3) is 7.02. The Morgan fingerprint density at radius 1 is 1.27 bits per heavy atom. The summed E-state index contributed by atoms with van der Waals surface area (Å²) >= 11 is 0. The fourth-order valence-corrected chi connectivity index (χ4v) is 3.37. The molecule has 1 aromatic rings. The van der Waals surface area contributed by atoms with Gasteiger partial charge >= 0.3 is 0 Å². The Bertz CT molecular complexity index is 574. The molecule has 2 unspecified atom stereocenters. The van der Waals surface area contributed by atoms with Crippen LogP contribution in [0.2, 0.25) is 0 Å². The Morgan fingerprint density at radius 2 is 2.00 bits per heavy atom. The molecular weight excluding hydrogens is 444 g/mol. The molecule has 6 heteroatoms. The van der Waals surface area contributed by atoms with Crippen LogP contribution in [0, 0.1) is 17.2 Å². The van der Waals surface area contributed by atoms with Gasteiger partial charge in [-0.15, -0.1) is 24.0 Å². The van der Waals surface area contributed by atoms with E-state index in [1.165, 1.54) is 6.07 Å². The van der Waals surface area contributed by atoms with Gasteiger partial charge in [0.15, 0.2) is 5.96 Å². The van der Waals surface area contributed by atoms with E-state index in [-0.39, 0.29) is 41.3 Å². The quantitative estimate of drug-likeness (QED) is 0.377. The van der Waals surface area contributed by atoms with Gasteiger partial charge in [0.1, 0.15) is 5.82 Å². The lowest BCUT2D eigenvalue weighted by atomic mass is 9.78. The minimum absolute atomic E-state index is 0. The van der Waals surface area contributed by atoms with Crippen LogP contribution >= 0.6 is 24.0 Å². The SMILES string of the molecule is CCNC(=NCc1ccccc1F)NCC1CCCOC1C(C)(C)C.I. The summed E-state index contributed by atoms with van der Waals surface area (Å²) in [5, 5.41) is 6.66. The highest BCUT2D eigenvalue weighted by Crippen LogP contribution is 2.33. The molecule has 1 heterocycles. The molecule has 1 aromatic carbocycles. The molecular formula is C20H33FIN3O. The van der Waals surface area contributed by atoms with E-state index >= 15 is 0 Å². The highest BCUT2D eigenvalue weighted by atomic mass is 127. The van der Waals surface area contributed by atoms with E-state index in [2.05, 4.69) is 36.4 Å². The molecule has 0 saturated carbocycles. The van der Waals surface area contributed by atoms with Gasteiger partial charge in [-0.2, -0.15) is 0 Å². The van der Waals surface area contributed by atoms with Crippen molar-refractivity contribution in [2.24, 2.45) is 16.3 Å². The van der Waals surface area contributed by atoms with Crippen LogP contribution < -0.4 is 10.6 Å². The summed E-state index contributed by atoms with van der Waals surface area (Å²) in [4.78, 5) is 4.53. The molecule has 1 saturated heterocycles. The molecule has 1 fully saturated rings. The summed E-state index contributed by atoms with van der Waals surface area (Å²) in [6, 6.07) is 6.77. The molecule has 0 aliphatic carbocycles. The number of ether oxygens (including phenoxy) is 1. The van der Waals surface area contributed by atoms with Crippen molar-refractivity contribution in [3.8, 4) is 0 Å². The highest BCUT2D eigenvalue weighted by Gasteiger charge is 2.35. The van der Waals surface area contributed by atoms with Crippen molar-refractivity contribution in [2.45, 2.75) is 53.2 Å². The number of halogens is 2. The summed E-state index contributed by atoms with van der Waals surface area (Å²) in [7, 11) is 0. The lowest BCUT2D eigenvalue weighted by Crippen LogP contribution is -2.47. The van der Waals surface area contributed by atoms with Crippen LogP contribution in [0.15, 0.2) is 29.3 Å². The zero-order chi connectivity index (χ0) is 18.3. The Kier molecular flexibility index (Phi) is 9.85. The van der Waals surface area contributed by atoms with Gasteiger partial charge < -0.3 is 15.4 Å². The summed E-state index contributed by atoms with van der Waals surface area (Å²) in [6.07, 6.45) is 2.49. The number of hydrogen-bond acceptors (Lipinski definition) is 2. The largest absolute Gasteiger partial charge is 0.377 e. The number of aliphatic imine (C=N–C) groups is 1. The van der Waals surface area contributed by atoms with Crippen molar-refractivity contribution in [3.05, 3.63) is 35.6 Å². The molecule has 26 heavy (non-hydrogen) atoms. The average Bonchev–Trinajstić information content (AvgIpc) is 2.58. The first-order valence-corrected chi connectivity index (χ1v) is 9.29. The Morgan fingerprint density at radius 3 is 2.65 bits per heavy atom. The summed E-state index contributed by atoms with van der Waals surface area (Å²) in [5.74, 6) is 0.964. The average molecular weight is 477 g/mol. The van der Waals surface area contributed by atoms with Crippen LogP contribution in [0.1, 0.15) is 46.1 Å². The van der Waals surface area contributed by atoms with E-state index in [1.807, 2.05) is 13.0 Å². The van der Waals surface area contributed by atoms with E-state index < -0.39 is 0 Å². The number of nitrogens with zero attached hydrogens (tertiary/aromatic N) is 1. The second-order valence-electron chi connectivity index (χ2n) is 7.73. The maximum atomic E-state index is 13.8. The second-order valence-corrected chi connectivity index (χ2v) is 7.73. The highest BCUT2D eigenvalue weighted by molar-refractivity contribution is 14.0. The van der Waals surface area contributed by atoms with Crippen molar-refractivity contribution in [1.82, 2.24) is 10.6 Å². The van der Waals surface area contributed by atoms with Gasteiger partial charge in [0.2, 0.25) is 0 Å². The van der Waals surface area contributed by atoms with Gasteiger partial charge in [0, 0.05) is 31.2 Å². The molecule has 148 valence electrons. The van der Waals surface area contributed by atoms with E-state index in [9.17, 15) is 4.39 Å². The zero-order valence-corrected chi connectivity index (χ0v) is 18.7. The first-order chi connectivity index (χ1) is 11.9. The first-order valence-electron chi connectivity index (χ1n) is 9.29. The molecule has 0 amide bonds. The van der Waals surface area contributed by atoms with Gasteiger partial charge in [-0.05, 0) is 31.2 Å². The molecule has 2 rings (SSSR count). The molecule has 1 aliphatic heterocycles. The second kappa shape index (κ2) is 11.1. The van der Waals surface area contributed by atoms with E-state index in [4.69, 9.17) is 4.74 Å². The van der Waals surface area contributed by atoms with Gasteiger partial charge in [-0.1, -0.05) is 39.0 Å². The number of benzene rings is 1. The smallest absolute Gasteiger partial charge is 0.191 e. The minimum atomic E-state index is -0.212. The molecule has 0 radical (unpaired) electrons. The van der Waals surface area contributed by atoms with Crippen LogP contribution in [0.3, 0.4) is 0 Å². The summed E-state index contributed by atoms with van der Waals surface area (Å²) in [5.41, 5.74) is 0.725. The molecule has 1 aliphatic rings. The molecule has 0 aromatic heterocycles. The predicted molar refractivity (Wildman–Crippen MR) is 117 cm³/mol. The van der Waals surface area contributed by atoms with Gasteiger partial charge in [-0.3, -0.25) is 0 Å². The molecule has 4 nitrogen and oxygen atoms in total. The van der Waals surface area contributed by atoms with Gasteiger partial charge in [0.05, 0.1) is 12.6 Å². The Balaban J connectivity index is 0.00000338. The standard InChI is InChI=1S/C20H32FN3O.HI/c1-5-22-19(23-13-15-9-6-7-11-17(15)21)24-14-16-10-8-12-25-18(16)20(2,3)4;/h6-7,9,11,16,18H,5,8,10,12-14H2,1-4H3,(H2,22,23,24);1H. The van der Waals surface area contributed by atoms with Crippen molar-refractivity contribution in [2.75, 3.05) is 19.7 Å². The van der Waals surface area contributed by atoms with Crippen LogP contribution in [0.5, 0.6) is 0 Å². The summed E-state index contributed by atoms with van der Waals surface area (Å²) in [6.45, 7) is 11.5. The molecule has 2 atom stereocenters. The zero-order valence-electron chi connectivity index (χ0n) is 16.3. The molecule has 2 N–H and O–H groups in total. The van der Waals surface area contributed by atoms with Crippen molar-refractivity contribution in [1.29, 1.82) is 0 Å². The lowest BCUT2D eigenvalue weighted by molar-refractivity contribution is -0.0835. The topological polar surface area (TPSA) is 45.7 Å². The maximum absolute atomic E-state index is 13.8. The minimum Gasteiger partial charge on any atom is -0.377 e. The molecule has 0 bridgehead atoms. The van der Waals surface area contributed by atoms with Crippen molar-refractivity contribution >= 4 is 29.9 Å². The van der Waals surface area contributed by atoms with E-state index in [1.54, 1.807) is 12.1 Å². The number of rotatable bonds is 5. The number of hydrogen-bond donors (Lipinski definition) is 2. The third-order valence-corrected chi connectivity index (χ3v) is 4.54. The van der Waals surface area contributed by atoms with Crippen LogP contribution in [0.25, 0.3) is 0 Å². The van der Waals surface area contributed by atoms with E-state index in [0.717, 1.165) is 38.5 Å². The van der Waals surface area contributed by atoms with Gasteiger partial charge in [-0.25, -0.2) is 9.38 Å². The normalized spacial score (nSPS) is 21.0. The van der Waals surface area contributed by atoms with Crippen molar-refractivity contribution in [3.63, 3.8) is 0 Å². The summed E-state index contributed by atoms with van der Waals surface area (Å²) < 4.78 is 19.8. The lowest BCUT2D eigenvalue weighted by Gasteiger charge is -2.40. The van der Waals surface area contributed by atoms with Crippen LogP contribution in [-0.2, 0) is 11.3 Å². The van der Waals surface area contributed by atoms with E-state index in [0.29, 0.717) is 18.0 Å². The van der Waals surface area contributed by atoms with Crippen molar-refractivity contribution < 1.29 is 9.13 Å². The molecule has 0 spiro atoms. The van der Waals surface area contributed by atoms with Crippen LogP contribution in [0.4, 0.5) is 4.39 Å². The predicted octanol–water partition coefficient (Wildman–Crippen LogP) is 4.34.